The van der Waals surface area contributed by atoms with Crippen LogP contribution in [0.5, 0.6) is 0 Å². The SMILES string of the molecule is CCOC(=O)c1coc(Sc2nnnn2CC(=O)OC)n1. The Morgan fingerprint density at radius 1 is 1.48 bits per heavy atom. The van der Waals surface area contributed by atoms with E-state index in [0.717, 1.165) is 11.8 Å². The minimum atomic E-state index is -0.581. The maximum absolute atomic E-state index is 11.5. The van der Waals surface area contributed by atoms with E-state index in [2.05, 4.69) is 25.2 Å². The van der Waals surface area contributed by atoms with Crippen molar-refractivity contribution in [2.24, 2.45) is 0 Å². The molecule has 2 aromatic rings. The van der Waals surface area contributed by atoms with E-state index < -0.39 is 11.9 Å². The Morgan fingerprint density at radius 3 is 3.00 bits per heavy atom. The van der Waals surface area contributed by atoms with Crippen LogP contribution in [0.15, 0.2) is 21.1 Å². The molecule has 0 radical (unpaired) electrons. The van der Waals surface area contributed by atoms with Gasteiger partial charge in [0, 0.05) is 11.8 Å². The zero-order valence-electron chi connectivity index (χ0n) is 11.2. The van der Waals surface area contributed by atoms with Crippen LogP contribution in [-0.4, -0.2) is 50.8 Å². The summed E-state index contributed by atoms with van der Waals surface area (Å²) in [7, 11) is 1.26. The van der Waals surface area contributed by atoms with E-state index in [0.29, 0.717) is 0 Å². The molecule has 0 fully saturated rings. The average Bonchev–Trinajstić information content (AvgIpc) is 3.10. The predicted octanol–water partition coefficient (Wildman–Crippen LogP) is 0.162. The molecule has 11 heteroatoms. The molecule has 21 heavy (non-hydrogen) atoms. The van der Waals surface area contributed by atoms with Crippen molar-refractivity contribution in [1.82, 2.24) is 25.2 Å². The summed E-state index contributed by atoms with van der Waals surface area (Å²) in [6.07, 6.45) is 1.18. The van der Waals surface area contributed by atoms with Gasteiger partial charge in [0.25, 0.3) is 5.22 Å². The molecule has 0 unspecified atom stereocenters. The second-order valence-corrected chi connectivity index (χ2v) is 4.43. The van der Waals surface area contributed by atoms with Gasteiger partial charge >= 0.3 is 11.9 Å². The van der Waals surface area contributed by atoms with Crippen molar-refractivity contribution in [3.63, 3.8) is 0 Å². The van der Waals surface area contributed by atoms with Gasteiger partial charge in [-0.05, 0) is 17.4 Å². The van der Waals surface area contributed by atoms with Crippen LogP contribution in [0.1, 0.15) is 17.4 Å². The first-order chi connectivity index (χ1) is 10.1. The fourth-order valence-corrected chi connectivity index (χ4v) is 1.92. The number of methoxy groups -OCH3 is 1. The van der Waals surface area contributed by atoms with Gasteiger partial charge in [0.05, 0.1) is 13.7 Å². The molecule has 2 rings (SSSR count). The molecule has 2 aromatic heterocycles. The van der Waals surface area contributed by atoms with Crippen LogP contribution in [0.4, 0.5) is 0 Å². The molecule has 0 amide bonds. The summed E-state index contributed by atoms with van der Waals surface area (Å²) in [5.74, 6) is -1.08. The van der Waals surface area contributed by atoms with Crippen molar-refractivity contribution >= 4 is 23.7 Å². The summed E-state index contributed by atoms with van der Waals surface area (Å²) in [5, 5.41) is 11.3. The molecule has 0 aliphatic rings. The van der Waals surface area contributed by atoms with Gasteiger partial charge in [0.1, 0.15) is 12.8 Å². The number of ether oxygens (including phenoxy) is 2. The summed E-state index contributed by atoms with van der Waals surface area (Å²) in [5.41, 5.74) is 0.0475. The van der Waals surface area contributed by atoms with Crippen molar-refractivity contribution < 1.29 is 23.5 Å². The monoisotopic (exact) mass is 313 g/mol. The number of carbonyl (C=O) groups excluding carboxylic acids is 2. The lowest BCUT2D eigenvalue weighted by Crippen LogP contribution is -2.13. The van der Waals surface area contributed by atoms with E-state index in [4.69, 9.17) is 9.15 Å². The fourth-order valence-electron chi connectivity index (χ4n) is 1.24. The van der Waals surface area contributed by atoms with Gasteiger partial charge in [-0.1, -0.05) is 0 Å². The molecule has 0 N–H and O–H groups in total. The normalized spacial score (nSPS) is 10.4. The van der Waals surface area contributed by atoms with E-state index in [1.807, 2.05) is 0 Å². The maximum Gasteiger partial charge on any atom is 0.360 e. The smallest absolute Gasteiger partial charge is 0.360 e. The Hall–Kier alpha value is -2.43. The summed E-state index contributed by atoms with van der Waals surface area (Å²) < 4.78 is 15.7. The van der Waals surface area contributed by atoms with Gasteiger partial charge < -0.3 is 13.9 Å². The first-order valence-electron chi connectivity index (χ1n) is 5.77. The second kappa shape index (κ2) is 6.83. The number of hydrogen-bond donors (Lipinski definition) is 0. The number of oxazole rings is 1. The van der Waals surface area contributed by atoms with Gasteiger partial charge in [-0.3, -0.25) is 4.79 Å². The van der Waals surface area contributed by atoms with E-state index in [-0.39, 0.29) is 29.2 Å². The van der Waals surface area contributed by atoms with Gasteiger partial charge in [-0.15, -0.1) is 5.10 Å². The third-order valence-electron chi connectivity index (χ3n) is 2.15. The highest BCUT2D eigenvalue weighted by Crippen LogP contribution is 2.24. The molecular formula is C10H11N5O5S. The Morgan fingerprint density at radius 2 is 2.29 bits per heavy atom. The number of carbonyl (C=O) groups is 2. The van der Waals surface area contributed by atoms with Crippen molar-refractivity contribution in [3.8, 4) is 0 Å². The van der Waals surface area contributed by atoms with Crippen LogP contribution in [0.2, 0.25) is 0 Å². The highest BCUT2D eigenvalue weighted by atomic mass is 32.2. The van der Waals surface area contributed by atoms with Crippen LogP contribution >= 0.6 is 11.8 Å². The molecule has 0 aliphatic carbocycles. The zero-order chi connectivity index (χ0) is 15.2. The van der Waals surface area contributed by atoms with E-state index in [1.54, 1.807) is 6.92 Å². The topological polar surface area (TPSA) is 122 Å². The third-order valence-corrected chi connectivity index (χ3v) is 2.99. The number of rotatable bonds is 6. The first-order valence-corrected chi connectivity index (χ1v) is 6.59. The number of esters is 2. The fraction of sp³-hybridized carbons (Fsp3) is 0.400. The molecule has 0 bridgehead atoms. The van der Waals surface area contributed by atoms with Gasteiger partial charge in [0.2, 0.25) is 5.16 Å². The Kier molecular flexibility index (Phi) is 4.87. The van der Waals surface area contributed by atoms with E-state index >= 15 is 0 Å². The van der Waals surface area contributed by atoms with Crippen LogP contribution < -0.4 is 0 Å². The summed E-state index contributed by atoms with van der Waals surface area (Å²) in [6.45, 7) is 1.79. The van der Waals surface area contributed by atoms with Crippen molar-refractivity contribution in [3.05, 3.63) is 12.0 Å². The molecule has 0 saturated carbocycles. The molecule has 112 valence electrons. The quantitative estimate of drug-likeness (QED) is 0.681. The Bertz CT molecular complexity index is 639. The molecular weight excluding hydrogens is 302 g/mol. The highest BCUT2D eigenvalue weighted by Gasteiger charge is 2.18. The number of aromatic nitrogens is 5. The van der Waals surface area contributed by atoms with E-state index in [9.17, 15) is 9.59 Å². The molecule has 10 nitrogen and oxygen atoms in total. The summed E-state index contributed by atoms with van der Waals surface area (Å²) in [4.78, 5) is 26.6. The van der Waals surface area contributed by atoms with Gasteiger partial charge in [-0.25, -0.2) is 9.48 Å². The minimum absolute atomic E-state index is 0.0475. The van der Waals surface area contributed by atoms with Crippen molar-refractivity contribution in [1.29, 1.82) is 0 Å². The molecule has 2 heterocycles. The first kappa shape index (κ1) is 15.0. The largest absolute Gasteiger partial charge is 0.468 e. The van der Waals surface area contributed by atoms with Crippen molar-refractivity contribution in [2.45, 2.75) is 23.8 Å². The predicted molar refractivity (Wildman–Crippen MR) is 66.4 cm³/mol. The third kappa shape index (κ3) is 3.78. The lowest BCUT2D eigenvalue weighted by molar-refractivity contribution is -0.141. The number of tetrazole rings is 1. The van der Waals surface area contributed by atoms with Crippen molar-refractivity contribution in [2.75, 3.05) is 13.7 Å². The summed E-state index contributed by atoms with van der Waals surface area (Å²) >= 11 is 0.963. The molecule has 0 saturated heterocycles. The Labute approximate surface area is 122 Å². The standard InChI is InChI=1S/C10H11N5O5S/c1-3-19-8(17)6-5-20-10(11-6)21-9-12-13-14-15(9)4-7(16)18-2/h5H,3-4H2,1-2H3. The second-order valence-electron chi connectivity index (χ2n) is 3.52. The lowest BCUT2D eigenvalue weighted by Gasteiger charge is -2.00. The van der Waals surface area contributed by atoms with Crippen LogP contribution in [0, 0.1) is 0 Å². The number of nitrogens with zero attached hydrogens (tertiary/aromatic N) is 5. The lowest BCUT2D eigenvalue weighted by atomic mass is 10.5. The molecule has 0 aliphatic heterocycles. The van der Waals surface area contributed by atoms with E-state index in [1.165, 1.54) is 18.1 Å². The molecule has 0 atom stereocenters. The van der Waals surface area contributed by atoms with Crippen LogP contribution in [-0.2, 0) is 20.8 Å². The minimum Gasteiger partial charge on any atom is -0.468 e. The zero-order valence-corrected chi connectivity index (χ0v) is 12.0. The maximum atomic E-state index is 11.5. The molecule has 0 aromatic carbocycles. The van der Waals surface area contributed by atoms with Gasteiger partial charge in [0.15, 0.2) is 5.69 Å². The van der Waals surface area contributed by atoms with Gasteiger partial charge in [-0.2, -0.15) is 4.98 Å². The van der Waals surface area contributed by atoms with Crippen LogP contribution in [0.25, 0.3) is 0 Å². The number of hydrogen-bond acceptors (Lipinski definition) is 10. The molecule has 0 spiro atoms. The highest BCUT2D eigenvalue weighted by molar-refractivity contribution is 7.98. The average molecular weight is 313 g/mol. The van der Waals surface area contributed by atoms with Crippen LogP contribution in [0.3, 0.4) is 0 Å². The Balaban J connectivity index is 2.07. The summed E-state index contributed by atoms with van der Waals surface area (Å²) in [6, 6.07) is 0.